The Balaban J connectivity index is 1.52. The van der Waals surface area contributed by atoms with Crippen LogP contribution in [0, 0.1) is 6.92 Å². The van der Waals surface area contributed by atoms with Gasteiger partial charge in [0.05, 0.1) is 19.2 Å². The van der Waals surface area contributed by atoms with E-state index in [0.29, 0.717) is 19.4 Å². The molecule has 0 fully saturated rings. The highest BCUT2D eigenvalue weighted by Crippen LogP contribution is 2.30. The Morgan fingerprint density at radius 3 is 2.73 bits per heavy atom. The van der Waals surface area contributed by atoms with Crippen molar-refractivity contribution in [1.29, 1.82) is 0 Å². The summed E-state index contributed by atoms with van der Waals surface area (Å²) >= 11 is 0. The standard InChI is InChI=1S/C22H24N2O2/c1-15-6-8-16(9-7-15)10-11-22(26)24-13-21-19(12-17(24)14-25)18-4-2-3-5-20(18)23-21/h2-9,17,23,25H,10-14H2,1H3. The van der Waals surface area contributed by atoms with E-state index in [0.717, 1.165) is 17.6 Å². The van der Waals surface area contributed by atoms with Gasteiger partial charge in [-0.2, -0.15) is 0 Å². The average Bonchev–Trinajstić information content (AvgIpc) is 3.03. The molecule has 1 unspecified atom stereocenters. The number of para-hydroxylation sites is 1. The van der Waals surface area contributed by atoms with Crippen LogP contribution in [0.15, 0.2) is 48.5 Å². The summed E-state index contributed by atoms with van der Waals surface area (Å²) in [4.78, 5) is 18.1. The van der Waals surface area contributed by atoms with Crippen molar-refractivity contribution in [3.63, 3.8) is 0 Å². The lowest BCUT2D eigenvalue weighted by Crippen LogP contribution is -2.46. The molecule has 1 atom stereocenters. The minimum Gasteiger partial charge on any atom is -0.394 e. The number of rotatable bonds is 4. The van der Waals surface area contributed by atoms with Gasteiger partial charge in [-0.05, 0) is 37.0 Å². The van der Waals surface area contributed by atoms with Crippen molar-refractivity contribution in [3.8, 4) is 0 Å². The third kappa shape index (κ3) is 3.13. The van der Waals surface area contributed by atoms with Crippen molar-refractivity contribution in [2.24, 2.45) is 0 Å². The largest absolute Gasteiger partial charge is 0.394 e. The molecule has 0 saturated carbocycles. The van der Waals surface area contributed by atoms with Crippen LogP contribution in [0.4, 0.5) is 0 Å². The molecule has 4 nitrogen and oxygen atoms in total. The molecule has 1 aliphatic heterocycles. The Bertz CT molecular complexity index is 927. The van der Waals surface area contributed by atoms with E-state index in [2.05, 4.69) is 48.3 Å². The number of hydrogen-bond donors (Lipinski definition) is 2. The maximum absolute atomic E-state index is 12.8. The van der Waals surface area contributed by atoms with Crippen molar-refractivity contribution >= 4 is 16.8 Å². The Labute approximate surface area is 153 Å². The molecule has 2 aromatic carbocycles. The number of hydrogen-bond acceptors (Lipinski definition) is 2. The zero-order valence-corrected chi connectivity index (χ0v) is 15.0. The van der Waals surface area contributed by atoms with Crippen molar-refractivity contribution in [3.05, 3.63) is 70.9 Å². The Morgan fingerprint density at radius 2 is 1.96 bits per heavy atom. The van der Waals surface area contributed by atoms with Gasteiger partial charge in [-0.1, -0.05) is 48.0 Å². The summed E-state index contributed by atoms with van der Waals surface area (Å²) in [6.07, 6.45) is 1.90. The lowest BCUT2D eigenvalue weighted by Gasteiger charge is -2.35. The van der Waals surface area contributed by atoms with Gasteiger partial charge in [0.1, 0.15) is 0 Å². The first-order valence-electron chi connectivity index (χ1n) is 9.20. The van der Waals surface area contributed by atoms with Gasteiger partial charge in [-0.15, -0.1) is 0 Å². The molecule has 26 heavy (non-hydrogen) atoms. The van der Waals surface area contributed by atoms with Gasteiger partial charge in [0.2, 0.25) is 5.91 Å². The minimum atomic E-state index is -0.146. The molecule has 1 aliphatic rings. The average molecular weight is 348 g/mol. The first-order valence-corrected chi connectivity index (χ1v) is 9.20. The highest BCUT2D eigenvalue weighted by Gasteiger charge is 2.31. The van der Waals surface area contributed by atoms with E-state index in [1.54, 1.807) is 0 Å². The van der Waals surface area contributed by atoms with Gasteiger partial charge < -0.3 is 15.0 Å². The lowest BCUT2D eigenvalue weighted by atomic mass is 9.96. The molecule has 2 N–H and O–H groups in total. The molecule has 134 valence electrons. The molecule has 2 heterocycles. The normalized spacial score (nSPS) is 16.7. The maximum atomic E-state index is 12.8. The van der Waals surface area contributed by atoms with E-state index < -0.39 is 0 Å². The summed E-state index contributed by atoms with van der Waals surface area (Å²) in [5, 5.41) is 11.1. The van der Waals surface area contributed by atoms with Gasteiger partial charge in [-0.3, -0.25) is 4.79 Å². The van der Waals surface area contributed by atoms with Gasteiger partial charge in [0, 0.05) is 23.0 Å². The van der Waals surface area contributed by atoms with Gasteiger partial charge in [0.15, 0.2) is 0 Å². The topological polar surface area (TPSA) is 56.3 Å². The van der Waals surface area contributed by atoms with Crippen molar-refractivity contribution in [1.82, 2.24) is 9.88 Å². The Morgan fingerprint density at radius 1 is 1.19 bits per heavy atom. The second-order valence-electron chi connectivity index (χ2n) is 7.18. The van der Waals surface area contributed by atoms with Crippen LogP contribution >= 0.6 is 0 Å². The fraction of sp³-hybridized carbons (Fsp3) is 0.318. The van der Waals surface area contributed by atoms with Crippen LogP contribution in [0.2, 0.25) is 0 Å². The first-order chi connectivity index (χ1) is 12.7. The zero-order valence-electron chi connectivity index (χ0n) is 15.0. The molecular formula is C22H24N2O2. The smallest absolute Gasteiger partial charge is 0.223 e. The van der Waals surface area contributed by atoms with Crippen LogP contribution in [-0.4, -0.2) is 33.5 Å². The van der Waals surface area contributed by atoms with Crippen molar-refractivity contribution < 1.29 is 9.90 Å². The SMILES string of the molecule is Cc1ccc(CCC(=O)N2Cc3[nH]c4ccccc4c3CC2CO)cc1. The van der Waals surface area contributed by atoms with E-state index in [4.69, 9.17) is 0 Å². The van der Waals surface area contributed by atoms with Crippen molar-refractivity contribution in [2.75, 3.05) is 6.61 Å². The second-order valence-corrected chi connectivity index (χ2v) is 7.18. The number of benzene rings is 2. The summed E-state index contributed by atoms with van der Waals surface area (Å²) < 4.78 is 0. The number of aromatic amines is 1. The van der Waals surface area contributed by atoms with E-state index in [-0.39, 0.29) is 18.6 Å². The number of fused-ring (bicyclic) bond motifs is 3. The Kier molecular flexibility index (Phi) is 4.51. The maximum Gasteiger partial charge on any atom is 0.223 e. The summed E-state index contributed by atoms with van der Waals surface area (Å²) in [5.74, 6) is 0.105. The van der Waals surface area contributed by atoms with Crippen LogP contribution in [-0.2, 0) is 24.2 Å². The number of carbonyl (C=O) groups is 1. The van der Waals surface area contributed by atoms with E-state index >= 15 is 0 Å². The number of amides is 1. The quantitative estimate of drug-likeness (QED) is 0.760. The second kappa shape index (κ2) is 6.96. The number of aromatic nitrogens is 1. The van der Waals surface area contributed by atoms with Crippen molar-refractivity contribution in [2.45, 2.75) is 38.8 Å². The molecule has 4 rings (SSSR count). The number of aliphatic hydroxyl groups is 1. The Hall–Kier alpha value is -2.59. The first kappa shape index (κ1) is 16.9. The van der Waals surface area contributed by atoms with Crippen LogP contribution in [0.25, 0.3) is 10.9 Å². The molecule has 0 saturated heterocycles. The van der Waals surface area contributed by atoms with Gasteiger partial charge in [0.25, 0.3) is 0 Å². The molecular weight excluding hydrogens is 324 g/mol. The van der Waals surface area contributed by atoms with Crippen LogP contribution in [0.5, 0.6) is 0 Å². The van der Waals surface area contributed by atoms with Gasteiger partial charge in [-0.25, -0.2) is 0 Å². The number of nitrogens with one attached hydrogen (secondary N) is 1. The number of nitrogens with zero attached hydrogens (tertiary/aromatic N) is 1. The number of aryl methyl sites for hydroxylation is 2. The molecule has 4 heteroatoms. The minimum absolute atomic E-state index is 0.00474. The third-order valence-electron chi connectivity index (χ3n) is 5.39. The highest BCUT2D eigenvalue weighted by molar-refractivity contribution is 5.86. The van der Waals surface area contributed by atoms with E-state index in [1.165, 1.54) is 22.1 Å². The highest BCUT2D eigenvalue weighted by atomic mass is 16.3. The predicted molar refractivity (Wildman–Crippen MR) is 103 cm³/mol. The van der Waals surface area contributed by atoms with Crippen LogP contribution < -0.4 is 0 Å². The summed E-state index contributed by atoms with van der Waals surface area (Å²) in [7, 11) is 0. The van der Waals surface area contributed by atoms with Crippen LogP contribution in [0.3, 0.4) is 0 Å². The van der Waals surface area contributed by atoms with E-state index in [9.17, 15) is 9.90 Å². The lowest BCUT2D eigenvalue weighted by molar-refractivity contribution is -0.135. The monoisotopic (exact) mass is 348 g/mol. The zero-order chi connectivity index (χ0) is 18.1. The number of aliphatic hydroxyl groups excluding tert-OH is 1. The molecule has 0 radical (unpaired) electrons. The van der Waals surface area contributed by atoms with Crippen LogP contribution in [0.1, 0.15) is 28.8 Å². The van der Waals surface area contributed by atoms with E-state index in [1.807, 2.05) is 17.0 Å². The molecule has 0 aliphatic carbocycles. The van der Waals surface area contributed by atoms with Gasteiger partial charge >= 0.3 is 0 Å². The summed E-state index contributed by atoms with van der Waals surface area (Å²) in [6.45, 7) is 2.60. The fourth-order valence-corrected chi connectivity index (χ4v) is 3.87. The summed E-state index contributed by atoms with van der Waals surface area (Å²) in [5.41, 5.74) is 5.83. The number of H-pyrrole nitrogens is 1. The number of carbonyl (C=O) groups excluding carboxylic acids is 1. The molecule has 0 bridgehead atoms. The predicted octanol–water partition coefficient (Wildman–Crippen LogP) is 3.35. The molecule has 1 amide bonds. The third-order valence-corrected chi connectivity index (χ3v) is 5.39. The summed E-state index contributed by atoms with van der Waals surface area (Å²) in [6, 6.07) is 16.4. The fourth-order valence-electron chi connectivity index (χ4n) is 3.87. The molecule has 1 aromatic heterocycles. The molecule has 0 spiro atoms. The molecule has 3 aromatic rings.